The third-order valence-corrected chi connectivity index (χ3v) is 6.08. The molecule has 2 aromatic carbocycles. The van der Waals surface area contributed by atoms with Crippen LogP contribution >= 0.6 is 11.6 Å². The summed E-state index contributed by atoms with van der Waals surface area (Å²) in [6, 6.07) is 8.61. The minimum absolute atomic E-state index is 0.0249. The van der Waals surface area contributed by atoms with Gasteiger partial charge in [-0.05, 0) is 37.6 Å². The van der Waals surface area contributed by atoms with Crippen molar-refractivity contribution in [1.29, 1.82) is 0 Å². The predicted molar refractivity (Wildman–Crippen MR) is 99.3 cm³/mol. The fourth-order valence-corrected chi connectivity index (χ4v) is 3.79. The van der Waals surface area contributed by atoms with E-state index in [-0.39, 0.29) is 27.0 Å². The first kappa shape index (κ1) is 19.7. The van der Waals surface area contributed by atoms with Gasteiger partial charge in [0.1, 0.15) is 11.0 Å². The molecule has 1 atom stereocenters. The molecule has 0 fully saturated rings. The van der Waals surface area contributed by atoms with Crippen molar-refractivity contribution in [2.45, 2.75) is 24.0 Å². The molecule has 0 aliphatic carbocycles. The first-order valence-electron chi connectivity index (χ1n) is 7.51. The van der Waals surface area contributed by atoms with Crippen molar-refractivity contribution in [2.24, 2.45) is 0 Å². The number of phenolic OH excluding ortho intramolecular Hbond substituents is 1. The zero-order valence-electron chi connectivity index (χ0n) is 14.0. The van der Waals surface area contributed by atoms with Gasteiger partial charge < -0.3 is 15.7 Å². The second-order valence-electron chi connectivity index (χ2n) is 5.60. The number of nitrogens with one attached hydrogen (secondary N) is 2. The Labute approximate surface area is 155 Å². The number of anilines is 2. The maximum absolute atomic E-state index is 12.6. The van der Waals surface area contributed by atoms with Crippen molar-refractivity contribution in [3.63, 3.8) is 0 Å². The van der Waals surface area contributed by atoms with Gasteiger partial charge in [-0.25, -0.2) is 8.42 Å². The van der Waals surface area contributed by atoms with Crippen molar-refractivity contribution in [2.75, 3.05) is 10.6 Å². The Balaban J connectivity index is 2.27. The number of hydrogen-bond acceptors (Lipinski definition) is 5. The summed E-state index contributed by atoms with van der Waals surface area (Å²) in [5, 5.41) is 13.1. The van der Waals surface area contributed by atoms with E-state index in [2.05, 4.69) is 10.6 Å². The van der Waals surface area contributed by atoms with E-state index in [9.17, 15) is 23.1 Å². The second-order valence-corrected chi connectivity index (χ2v) is 8.28. The first-order valence-corrected chi connectivity index (χ1v) is 9.43. The van der Waals surface area contributed by atoms with Gasteiger partial charge in [0.05, 0.1) is 21.3 Å². The molecule has 0 bridgehead atoms. The molecule has 2 amide bonds. The van der Waals surface area contributed by atoms with E-state index < -0.39 is 21.0 Å². The maximum atomic E-state index is 12.6. The van der Waals surface area contributed by atoms with Gasteiger partial charge in [0.25, 0.3) is 0 Å². The number of rotatable bonds is 6. The van der Waals surface area contributed by atoms with E-state index in [1.807, 2.05) is 0 Å². The number of carbonyl (C=O) groups excluding carboxylic acids is 2. The normalized spacial score (nSPS) is 12.3. The zero-order valence-corrected chi connectivity index (χ0v) is 15.6. The van der Waals surface area contributed by atoms with Crippen LogP contribution in [0.15, 0.2) is 41.3 Å². The number of sulfone groups is 1. The van der Waals surface area contributed by atoms with Crippen LogP contribution in [0.4, 0.5) is 11.4 Å². The van der Waals surface area contributed by atoms with Crippen LogP contribution in [0.25, 0.3) is 0 Å². The van der Waals surface area contributed by atoms with Crippen molar-refractivity contribution >= 4 is 45.1 Å². The molecule has 1 unspecified atom stereocenters. The smallest absolute Gasteiger partial charge is 0.242 e. The molecule has 0 aliphatic rings. The number of carbonyl (C=O) groups is 2. The molecular weight excluding hydrogens is 380 g/mol. The highest BCUT2D eigenvalue weighted by atomic mass is 35.5. The average Bonchev–Trinajstić information content (AvgIpc) is 2.58. The van der Waals surface area contributed by atoms with Crippen LogP contribution in [0.2, 0.25) is 5.02 Å². The van der Waals surface area contributed by atoms with Gasteiger partial charge in [0.2, 0.25) is 12.3 Å². The molecule has 3 N–H and O–H groups in total. The number of hydrogen-bond donors (Lipinski definition) is 3. The lowest BCUT2D eigenvalue weighted by Gasteiger charge is -2.15. The van der Waals surface area contributed by atoms with Crippen LogP contribution in [-0.2, 0) is 19.4 Å². The fraction of sp³-hybridized carbons (Fsp3) is 0.176. The van der Waals surface area contributed by atoms with Gasteiger partial charge in [-0.1, -0.05) is 23.7 Å². The Morgan fingerprint density at radius 2 is 1.92 bits per heavy atom. The Morgan fingerprint density at radius 3 is 2.54 bits per heavy atom. The van der Waals surface area contributed by atoms with E-state index >= 15 is 0 Å². The summed E-state index contributed by atoms with van der Waals surface area (Å²) in [4.78, 5) is 22.9. The Morgan fingerprint density at radius 1 is 1.23 bits per heavy atom. The van der Waals surface area contributed by atoms with Crippen LogP contribution in [-0.4, -0.2) is 31.1 Å². The van der Waals surface area contributed by atoms with Crippen molar-refractivity contribution in [1.82, 2.24) is 0 Å². The third-order valence-electron chi connectivity index (χ3n) is 3.71. The van der Waals surface area contributed by atoms with Crippen molar-refractivity contribution in [3.05, 3.63) is 47.0 Å². The van der Waals surface area contributed by atoms with Crippen LogP contribution < -0.4 is 10.6 Å². The predicted octanol–water partition coefficient (Wildman–Crippen LogP) is 2.72. The molecule has 0 spiro atoms. The Kier molecular flexibility index (Phi) is 5.89. The largest absolute Gasteiger partial charge is 0.506 e. The van der Waals surface area contributed by atoms with E-state index in [4.69, 9.17) is 11.6 Å². The summed E-state index contributed by atoms with van der Waals surface area (Å²) in [6.45, 7) is 3.02. The molecule has 2 aromatic rings. The molecule has 26 heavy (non-hydrogen) atoms. The quantitative estimate of drug-likeness (QED) is 0.513. The lowest BCUT2D eigenvalue weighted by Crippen LogP contribution is -2.32. The Hall–Kier alpha value is -2.58. The van der Waals surface area contributed by atoms with E-state index in [1.54, 1.807) is 19.1 Å². The molecule has 9 heteroatoms. The van der Waals surface area contributed by atoms with Gasteiger partial charge in [-0.15, -0.1) is 0 Å². The molecule has 0 heterocycles. The number of halogens is 1. The molecule has 0 saturated heterocycles. The molecule has 0 aliphatic heterocycles. The zero-order chi connectivity index (χ0) is 19.5. The van der Waals surface area contributed by atoms with Crippen molar-refractivity contribution < 1.29 is 23.1 Å². The molecule has 0 saturated carbocycles. The van der Waals surface area contributed by atoms with E-state index in [0.717, 1.165) is 11.6 Å². The number of phenols is 1. The van der Waals surface area contributed by atoms with E-state index in [0.29, 0.717) is 6.41 Å². The first-order chi connectivity index (χ1) is 12.2. The molecule has 138 valence electrons. The second kappa shape index (κ2) is 7.76. The van der Waals surface area contributed by atoms with E-state index in [1.165, 1.54) is 25.1 Å². The minimum Gasteiger partial charge on any atom is -0.506 e. The van der Waals surface area contributed by atoms with Crippen LogP contribution in [0.5, 0.6) is 5.75 Å². The van der Waals surface area contributed by atoms with Crippen molar-refractivity contribution in [3.8, 4) is 5.75 Å². The summed E-state index contributed by atoms with van der Waals surface area (Å²) < 4.78 is 25.2. The molecule has 7 nitrogen and oxygen atoms in total. The number of amides is 2. The number of aromatic hydroxyl groups is 1. The molecule has 0 radical (unpaired) electrons. The highest BCUT2D eigenvalue weighted by Crippen LogP contribution is 2.34. The van der Waals surface area contributed by atoms with Crippen LogP contribution in [0.3, 0.4) is 0 Å². The molecule has 0 aromatic heterocycles. The molecule has 2 rings (SSSR count). The number of benzene rings is 2. The van der Waals surface area contributed by atoms with Crippen LogP contribution in [0, 0.1) is 6.92 Å². The maximum Gasteiger partial charge on any atom is 0.242 e. The summed E-state index contributed by atoms with van der Waals surface area (Å²) >= 11 is 6.01. The van der Waals surface area contributed by atoms with Crippen LogP contribution in [0.1, 0.15) is 12.5 Å². The summed E-state index contributed by atoms with van der Waals surface area (Å²) in [5.41, 5.74) is 0.838. The highest BCUT2D eigenvalue weighted by molar-refractivity contribution is 7.92. The van der Waals surface area contributed by atoms with Gasteiger partial charge in [0.15, 0.2) is 9.84 Å². The summed E-state index contributed by atoms with van der Waals surface area (Å²) in [7, 11) is -3.90. The lowest BCUT2D eigenvalue weighted by atomic mass is 10.2. The summed E-state index contributed by atoms with van der Waals surface area (Å²) in [6.07, 6.45) is 0.361. The highest BCUT2D eigenvalue weighted by Gasteiger charge is 2.30. The summed E-state index contributed by atoms with van der Waals surface area (Å²) in [5.74, 6) is -1.13. The van der Waals surface area contributed by atoms with Gasteiger partial charge >= 0.3 is 0 Å². The van der Waals surface area contributed by atoms with Gasteiger partial charge in [-0.3, -0.25) is 9.59 Å². The Bertz CT molecular complexity index is 960. The third kappa shape index (κ3) is 4.14. The SMILES string of the molecule is Cc1cccc(S(=O)(=O)C(C)C(=O)Nc2cc(O)c(NC=O)cc2Cl)c1. The van der Waals surface area contributed by atoms with Gasteiger partial charge in [0, 0.05) is 6.07 Å². The lowest BCUT2D eigenvalue weighted by molar-refractivity contribution is -0.115. The number of aryl methyl sites for hydroxylation is 1. The van der Waals surface area contributed by atoms with Gasteiger partial charge in [-0.2, -0.15) is 0 Å². The minimum atomic E-state index is -3.90. The monoisotopic (exact) mass is 396 g/mol. The topological polar surface area (TPSA) is 113 Å². The fourth-order valence-electron chi connectivity index (χ4n) is 2.21. The average molecular weight is 397 g/mol. The standard InChI is InChI=1S/C17H17ClN2O5S/c1-10-4-3-5-12(6-10)26(24,25)11(2)17(23)20-14-8-16(22)15(19-9-21)7-13(14)18/h3-9,11,22H,1-2H3,(H,19,21)(H,20,23). The molecular formula is C17H17ClN2O5S.